The SMILES string of the molecule is CCNC(=S)NNc1cc(C)ccc1C. The van der Waals surface area contributed by atoms with Gasteiger partial charge >= 0.3 is 0 Å². The van der Waals surface area contributed by atoms with E-state index in [1.165, 1.54) is 11.1 Å². The van der Waals surface area contributed by atoms with E-state index in [1.54, 1.807) is 0 Å². The van der Waals surface area contributed by atoms with Crippen molar-refractivity contribution in [3.8, 4) is 0 Å². The first-order chi connectivity index (χ1) is 7.13. The number of thiocarbonyl (C=S) groups is 1. The van der Waals surface area contributed by atoms with Gasteiger partial charge in [-0.25, -0.2) is 0 Å². The Labute approximate surface area is 96.2 Å². The highest BCUT2D eigenvalue weighted by molar-refractivity contribution is 7.80. The van der Waals surface area contributed by atoms with Gasteiger partial charge < -0.3 is 5.32 Å². The molecule has 0 heterocycles. The van der Waals surface area contributed by atoms with Crippen molar-refractivity contribution in [2.75, 3.05) is 12.0 Å². The minimum atomic E-state index is 0.610. The fraction of sp³-hybridized carbons (Fsp3) is 0.364. The zero-order chi connectivity index (χ0) is 11.3. The average Bonchev–Trinajstić information content (AvgIpc) is 2.20. The van der Waals surface area contributed by atoms with Crippen LogP contribution in [0.2, 0.25) is 0 Å². The summed E-state index contributed by atoms with van der Waals surface area (Å²) in [4.78, 5) is 0. The van der Waals surface area contributed by atoms with E-state index in [0.29, 0.717) is 5.11 Å². The lowest BCUT2D eigenvalue weighted by Gasteiger charge is -2.13. The lowest BCUT2D eigenvalue weighted by molar-refractivity contribution is 0.927. The highest BCUT2D eigenvalue weighted by atomic mass is 32.1. The molecule has 0 fully saturated rings. The first-order valence-corrected chi connectivity index (χ1v) is 5.41. The molecule has 0 aliphatic heterocycles. The summed E-state index contributed by atoms with van der Waals surface area (Å²) in [7, 11) is 0. The maximum absolute atomic E-state index is 5.04. The molecular formula is C11H17N3S. The molecule has 0 atom stereocenters. The maximum atomic E-state index is 5.04. The quantitative estimate of drug-likeness (QED) is 0.542. The maximum Gasteiger partial charge on any atom is 0.185 e. The molecule has 0 radical (unpaired) electrons. The first kappa shape index (κ1) is 11.8. The number of aryl methyl sites for hydroxylation is 2. The van der Waals surface area contributed by atoms with Crippen molar-refractivity contribution in [2.45, 2.75) is 20.8 Å². The van der Waals surface area contributed by atoms with Gasteiger partial charge in [-0.3, -0.25) is 10.9 Å². The summed E-state index contributed by atoms with van der Waals surface area (Å²) in [6.07, 6.45) is 0. The van der Waals surface area contributed by atoms with Gasteiger partial charge in [-0.15, -0.1) is 0 Å². The predicted octanol–water partition coefficient (Wildman–Crippen LogP) is 2.11. The smallest absolute Gasteiger partial charge is 0.185 e. The average molecular weight is 223 g/mol. The van der Waals surface area contributed by atoms with E-state index >= 15 is 0 Å². The van der Waals surface area contributed by atoms with Crippen molar-refractivity contribution in [3.05, 3.63) is 29.3 Å². The molecule has 0 unspecified atom stereocenters. The molecule has 82 valence electrons. The van der Waals surface area contributed by atoms with E-state index in [2.05, 4.69) is 48.2 Å². The van der Waals surface area contributed by atoms with Gasteiger partial charge in [0.25, 0.3) is 0 Å². The molecule has 0 spiro atoms. The van der Waals surface area contributed by atoms with Crippen LogP contribution < -0.4 is 16.2 Å². The largest absolute Gasteiger partial charge is 0.362 e. The van der Waals surface area contributed by atoms with E-state index in [9.17, 15) is 0 Å². The summed E-state index contributed by atoms with van der Waals surface area (Å²) in [6, 6.07) is 6.25. The Hall–Kier alpha value is -1.29. The van der Waals surface area contributed by atoms with E-state index in [-0.39, 0.29) is 0 Å². The van der Waals surface area contributed by atoms with Gasteiger partial charge in [0, 0.05) is 6.54 Å². The summed E-state index contributed by atoms with van der Waals surface area (Å²) in [6.45, 7) is 6.94. The number of benzene rings is 1. The lowest BCUT2D eigenvalue weighted by Crippen LogP contribution is -2.38. The molecule has 0 aromatic heterocycles. The third-order valence-electron chi connectivity index (χ3n) is 2.04. The minimum absolute atomic E-state index is 0.610. The number of rotatable bonds is 3. The second-order valence-corrected chi connectivity index (χ2v) is 3.84. The van der Waals surface area contributed by atoms with E-state index in [0.717, 1.165) is 12.2 Å². The van der Waals surface area contributed by atoms with E-state index in [4.69, 9.17) is 12.2 Å². The summed E-state index contributed by atoms with van der Waals surface area (Å²) < 4.78 is 0. The number of nitrogens with one attached hydrogen (secondary N) is 3. The summed E-state index contributed by atoms with van der Waals surface area (Å²) >= 11 is 5.04. The normalized spacial score (nSPS) is 9.53. The monoisotopic (exact) mass is 223 g/mol. The third-order valence-corrected chi connectivity index (χ3v) is 2.29. The molecule has 4 heteroatoms. The van der Waals surface area contributed by atoms with Gasteiger partial charge in [0.1, 0.15) is 0 Å². The molecule has 0 amide bonds. The standard InChI is InChI=1S/C11H17N3S/c1-4-12-11(15)14-13-10-7-8(2)5-6-9(10)3/h5-7,13H,4H2,1-3H3,(H2,12,14,15). The molecule has 0 saturated carbocycles. The highest BCUT2D eigenvalue weighted by Gasteiger charge is 1.98. The topological polar surface area (TPSA) is 36.1 Å². The predicted molar refractivity (Wildman–Crippen MR) is 68.9 cm³/mol. The van der Waals surface area contributed by atoms with Gasteiger partial charge in [-0.05, 0) is 50.2 Å². The van der Waals surface area contributed by atoms with Crippen molar-refractivity contribution in [1.29, 1.82) is 0 Å². The van der Waals surface area contributed by atoms with Crippen LogP contribution in [0.5, 0.6) is 0 Å². The number of hydrogen-bond acceptors (Lipinski definition) is 2. The summed E-state index contributed by atoms with van der Waals surface area (Å²) in [5, 5.41) is 3.62. The minimum Gasteiger partial charge on any atom is -0.362 e. The zero-order valence-corrected chi connectivity index (χ0v) is 10.2. The van der Waals surface area contributed by atoms with Crippen LogP contribution in [0.4, 0.5) is 5.69 Å². The highest BCUT2D eigenvalue weighted by Crippen LogP contribution is 2.14. The Morgan fingerprint density at radius 3 is 2.73 bits per heavy atom. The van der Waals surface area contributed by atoms with Crippen LogP contribution in [0.1, 0.15) is 18.1 Å². The van der Waals surface area contributed by atoms with E-state index in [1.807, 2.05) is 6.92 Å². The molecule has 3 nitrogen and oxygen atoms in total. The Balaban J connectivity index is 2.57. The van der Waals surface area contributed by atoms with Crippen molar-refractivity contribution in [1.82, 2.24) is 10.7 Å². The van der Waals surface area contributed by atoms with Gasteiger partial charge in [-0.1, -0.05) is 12.1 Å². The Bertz CT molecular complexity index is 350. The van der Waals surface area contributed by atoms with Crippen molar-refractivity contribution in [3.63, 3.8) is 0 Å². The molecule has 0 aliphatic rings. The fourth-order valence-corrected chi connectivity index (χ4v) is 1.39. The summed E-state index contributed by atoms with van der Waals surface area (Å²) in [5.41, 5.74) is 9.48. The van der Waals surface area contributed by atoms with Crippen LogP contribution in [-0.4, -0.2) is 11.7 Å². The number of hydrogen-bond donors (Lipinski definition) is 3. The molecule has 1 rings (SSSR count). The number of anilines is 1. The van der Waals surface area contributed by atoms with Gasteiger partial charge in [0.15, 0.2) is 5.11 Å². The molecule has 1 aromatic rings. The van der Waals surface area contributed by atoms with Crippen LogP contribution in [-0.2, 0) is 0 Å². The second-order valence-electron chi connectivity index (χ2n) is 3.43. The van der Waals surface area contributed by atoms with Crippen LogP contribution in [0.15, 0.2) is 18.2 Å². The molecular weight excluding hydrogens is 206 g/mol. The molecule has 1 aromatic carbocycles. The van der Waals surface area contributed by atoms with Crippen molar-refractivity contribution >= 4 is 23.0 Å². The summed E-state index contributed by atoms with van der Waals surface area (Å²) in [5.74, 6) is 0. The Morgan fingerprint density at radius 1 is 1.33 bits per heavy atom. The van der Waals surface area contributed by atoms with Crippen LogP contribution in [0.3, 0.4) is 0 Å². The van der Waals surface area contributed by atoms with Crippen molar-refractivity contribution in [2.24, 2.45) is 0 Å². The van der Waals surface area contributed by atoms with Crippen LogP contribution >= 0.6 is 12.2 Å². The molecule has 15 heavy (non-hydrogen) atoms. The lowest BCUT2D eigenvalue weighted by atomic mass is 10.1. The Morgan fingerprint density at radius 2 is 2.07 bits per heavy atom. The fourth-order valence-electron chi connectivity index (χ4n) is 1.20. The first-order valence-electron chi connectivity index (χ1n) is 5.00. The Kier molecular flexibility index (Phi) is 4.37. The molecule has 3 N–H and O–H groups in total. The van der Waals surface area contributed by atoms with E-state index < -0.39 is 0 Å². The van der Waals surface area contributed by atoms with Gasteiger partial charge in [0.2, 0.25) is 0 Å². The second kappa shape index (κ2) is 5.56. The molecule has 0 saturated heterocycles. The van der Waals surface area contributed by atoms with Crippen LogP contribution in [0.25, 0.3) is 0 Å². The molecule has 0 bridgehead atoms. The van der Waals surface area contributed by atoms with Gasteiger partial charge in [0.05, 0.1) is 5.69 Å². The molecule has 0 aliphatic carbocycles. The van der Waals surface area contributed by atoms with Crippen LogP contribution in [0, 0.1) is 13.8 Å². The van der Waals surface area contributed by atoms with Crippen molar-refractivity contribution < 1.29 is 0 Å². The number of hydrazine groups is 1. The zero-order valence-electron chi connectivity index (χ0n) is 9.35. The third kappa shape index (κ3) is 3.75. The van der Waals surface area contributed by atoms with Gasteiger partial charge in [-0.2, -0.15) is 0 Å².